The van der Waals surface area contributed by atoms with Crippen LogP contribution in [0.1, 0.15) is 11.9 Å². The van der Waals surface area contributed by atoms with E-state index in [2.05, 4.69) is 24.8 Å². The first-order chi connectivity index (χ1) is 12.6. The molecule has 3 aromatic rings. The van der Waals surface area contributed by atoms with Crippen molar-refractivity contribution in [2.45, 2.75) is 6.10 Å². The van der Waals surface area contributed by atoms with E-state index in [0.717, 1.165) is 17.1 Å². The number of benzene rings is 1. The number of aromatic amines is 1. The lowest BCUT2D eigenvalue weighted by molar-refractivity contribution is 0.0343. The van der Waals surface area contributed by atoms with Crippen molar-refractivity contribution >= 4 is 35.0 Å². The molecule has 0 radical (unpaired) electrons. The van der Waals surface area contributed by atoms with Crippen LogP contribution in [-0.4, -0.2) is 39.6 Å². The molecule has 1 aliphatic heterocycles. The summed E-state index contributed by atoms with van der Waals surface area (Å²) < 4.78 is 5.88. The van der Waals surface area contributed by atoms with Gasteiger partial charge in [-0.1, -0.05) is 41.4 Å². The third kappa shape index (κ3) is 3.46. The molecule has 3 N–H and O–H groups in total. The second-order valence-electron chi connectivity index (χ2n) is 5.87. The molecular weight excluding hydrogens is 375 g/mol. The van der Waals surface area contributed by atoms with E-state index in [1.165, 1.54) is 0 Å². The quantitative estimate of drug-likeness (QED) is 0.666. The molecule has 0 bridgehead atoms. The molecule has 9 heteroatoms. The number of anilines is 2. The number of aromatic nitrogens is 4. The molecule has 4 rings (SSSR count). The van der Waals surface area contributed by atoms with Gasteiger partial charge in [0.05, 0.1) is 25.0 Å². The lowest BCUT2D eigenvalue weighted by Gasteiger charge is -2.32. The number of ether oxygens (including phenoxy) is 1. The van der Waals surface area contributed by atoms with E-state index in [4.69, 9.17) is 33.7 Å². The lowest BCUT2D eigenvalue weighted by atomic mass is 10.2. The Morgan fingerprint density at radius 1 is 1.23 bits per heavy atom. The zero-order chi connectivity index (χ0) is 18.1. The maximum Gasteiger partial charge on any atom is 0.223 e. The summed E-state index contributed by atoms with van der Waals surface area (Å²) in [6, 6.07) is 9.31. The van der Waals surface area contributed by atoms with Gasteiger partial charge in [0.2, 0.25) is 5.95 Å². The lowest BCUT2D eigenvalue weighted by Crippen LogP contribution is -2.39. The fraction of sp³-hybridized carbons (Fsp3) is 0.235. The Kier molecular flexibility index (Phi) is 4.67. The zero-order valence-electron chi connectivity index (χ0n) is 13.7. The van der Waals surface area contributed by atoms with Crippen LogP contribution in [0.2, 0.25) is 10.2 Å². The normalized spacial score (nSPS) is 17.5. The van der Waals surface area contributed by atoms with Crippen molar-refractivity contribution < 1.29 is 4.74 Å². The number of nitrogens with one attached hydrogen (secondary N) is 1. The number of nitrogens with two attached hydrogens (primary N) is 1. The predicted molar refractivity (Wildman–Crippen MR) is 101 cm³/mol. The first-order valence-corrected chi connectivity index (χ1v) is 8.82. The van der Waals surface area contributed by atoms with E-state index >= 15 is 0 Å². The molecule has 0 saturated carbocycles. The summed E-state index contributed by atoms with van der Waals surface area (Å²) in [6.07, 6.45) is 1.54. The van der Waals surface area contributed by atoms with Crippen molar-refractivity contribution in [2.75, 3.05) is 30.3 Å². The molecule has 0 amide bonds. The number of rotatable bonds is 3. The van der Waals surface area contributed by atoms with Crippen molar-refractivity contribution in [3.63, 3.8) is 0 Å². The molecule has 134 valence electrons. The van der Waals surface area contributed by atoms with Gasteiger partial charge < -0.3 is 20.4 Å². The summed E-state index contributed by atoms with van der Waals surface area (Å²) in [5.41, 5.74) is 7.45. The van der Waals surface area contributed by atoms with Crippen LogP contribution in [0.4, 0.5) is 11.8 Å². The summed E-state index contributed by atoms with van der Waals surface area (Å²) in [4.78, 5) is 18.0. The summed E-state index contributed by atoms with van der Waals surface area (Å²) in [6.45, 7) is 1.79. The number of hydrogen-bond acceptors (Lipinski definition) is 6. The van der Waals surface area contributed by atoms with Crippen molar-refractivity contribution in [2.24, 2.45) is 0 Å². The van der Waals surface area contributed by atoms with Crippen LogP contribution >= 0.6 is 23.2 Å². The minimum Gasteiger partial charge on any atom is -0.368 e. The van der Waals surface area contributed by atoms with Gasteiger partial charge in [0.15, 0.2) is 0 Å². The van der Waals surface area contributed by atoms with Crippen LogP contribution in [-0.2, 0) is 4.74 Å². The minimum absolute atomic E-state index is 0.148. The van der Waals surface area contributed by atoms with Crippen molar-refractivity contribution in [1.82, 2.24) is 19.9 Å². The Bertz CT molecular complexity index is 911. The number of imidazole rings is 1. The molecule has 3 heterocycles. The highest BCUT2D eigenvalue weighted by molar-refractivity contribution is 6.33. The minimum atomic E-state index is -0.227. The second-order valence-corrected chi connectivity index (χ2v) is 6.67. The van der Waals surface area contributed by atoms with Crippen LogP contribution in [0.15, 0.2) is 36.5 Å². The third-order valence-corrected chi connectivity index (χ3v) is 4.68. The molecule has 1 aliphatic rings. The number of hydrogen-bond donors (Lipinski definition) is 2. The third-order valence-electron chi connectivity index (χ3n) is 4.15. The Balaban J connectivity index is 1.56. The molecule has 2 aromatic heterocycles. The van der Waals surface area contributed by atoms with Gasteiger partial charge in [0.25, 0.3) is 0 Å². The molecule has 1 unspecified atom stereocenters. The van der Waals surface area contributed by atoms with Gasteiger partial charge in [0.1, 0.15) is 22.9 Å². The fourth-order valence-corrected chi connectivity index (χ4v) is 3.35. The van der Waals surface area contributed by atoms with Gasteiger partial charge in [0, 0.05) is 23.2 Å². The van der Waals surface area contributed by atoms with E-state index in [0.29, 0.717) is 35.7 Å². The summed E-state index contributed by atoms with van der Waals surface area (Å²) in [7, 11) is 0. The van der Waals surface area contributed by atoms with Gasteiger partial charge >= 0.3 is 0 Å². The van der Waals surface area contributed by atoms with E-state index in [-0.39, 0.29) is 12.1 Å². The first-order valence-electron chi connectivity index (χ1n) is 8.06. The SMILES string of the molecule is Nc1nc(Cl)cc(N2CCOC(c3ncc(-c4ccccc4Cl)[nH]3)C2)n1. The summed E-state index contributed by atoms with van der Waals surface area (Å²) in [5, 5.41) is 0.981. The van der Waals surface area contributed by atoms with E-state index in [9.17, 15) is 0 Å². The summed E-state index contributed by atoms with van der Waals surface area (Å²) >= 11 is 12.2. The average Bonchev–Trinajstić information content (AvgIpc) is 3.11. The molecule has 1 saturated heterocycles. The van der Waals surface area contributed by atoms with Gasteiger partial charge in [-0.25, -0.2) is 9.97 Å². The van der Waals surface area contributed by atoms with Gasteiger partial charge in [-0.3, -0.25) is 0 Å². The van der Waals surface area contributed by atoms with Crippen molar-refractivity contribution in [3.8, 4) is 11.3 Å². The topological polar surface area (TPSA) is 93.0 Å². The summed E-state index contributed by atoms with van der Waals surface area (Å²) in [5.74, 6) is 1.56. The largest absolute Gasteiger partial charge is 0.368 e. The predicted octanol–water partition coefficient (Wildman–Crippen LogP) is 3.33. The molecule has 26 heavy (non-hydrogen) atoms. The van der Waals surface area contributed by atoms with Crippen LogP contribution < -0.4 is 10.6 Å². The maximum absolute atomic E-state index is 6.26. The van der Waals surface area contributed by atoms with Crippen LogP contribution in [0.25, 0.3) is 11.3 Å². The van der Waals surface area contributed by atoms with Crippen LogP contribution in [0, 0.1) is 0 Å². The number of H-pyrrole nitrogens is 1. The monoisotopic (exact) mass is 390 g/mol. The Labute approximate surface area is 160 Å². The molecule has 1 atom stereocenters. The molecular formula is C17H16Cl2N6O. The molecule has 1 aromatic carbocycles. The molecule has 0 aliphatic carbocycles. The smallest absolute Gasteiger partial charge is 0.223 e. The van der Waals surface area contributed by atoms with Gasteiger partial charge in [-0.05, 0) is 6.07 Å². The van der Waals surface area contributed by atoms with Crippen LogP contribution in [0.3, 0.4) is 0 Å². The van der Waals surface area contributed by atoms with E-state index in [1.54, 1.807) is 12.3 Å². The van der Waals surface area contributed by atoms with Crippen molar-refractivity contribution in [3.05, 3.63) is 52.5 Å². The molecule has 1 fully saturated rings. The highest BCUT2D eigenvalue weighted by Crippen LogP contribution is 2.29. The van der Waals surface area contributed by atoms with Crippen LogP contribution in [0.5, 0.6) is 0 Å². The van der Waals surface area contributed by atoms with E-state index in [1.807, 2.05) is 24.3 Å². The molecule has 0 spiro atoms. The second kappa shape index (κ2) is 7.11. The van der Waals surface area contributed by atoms with Gasteiger partial charge in [-0.15, -0.1) is 0 Å². The number of halogens is 2. The number of morpholine rings is 1. The molecule has 7 nitrogen and oxygen atoms in total. The highest BCUT2D eigenvalue weighted by Gasteiger charge is 2.26. The van der Waals surface area contributed by atoms with E-state index < -0.39 is 0 Å². The first kappa shape index (κ1) is 17.1. The average molecular weight is 391 g/mol. The Morgan fingerprint density at radius 2 is 2.08 bits per heavy atom. The number of nitrogens with zero attached hydrogens (tertiary/aromatic N) is 4. The Morgan fingerprint density at radius 3 is 2.88 bits per heavy atom. The Hall–Kier alpha value is -2.35. The standard InChI is InChI=1S/C17H16Cl2N6O/c18-11-4-2-1-3-10(11)12-8-21-16(22-12)13-9-25(5-6-26-13)15-7-14(19)23-17(20)24-15/h1-4,7-8,13H,5-6,9H2,(H,21,22)(H2,20,23,24). The fourth-order valence-electron chi connectivity index (χ4n) is 2.92. The van der Waals surface area contributed by atoms with Gasteiger partial charge in [-0.2, -0.15) is 4.98 Å². The zero-order valence-corrected chi connectivity index (χ0v) is 15.2. The highest BCUT2D eigenvalue weighted by atomic mass is 35.5. The van der Waals surface area contributed by atoms with Crippen molar-refractivity contribution in [1.29, 1.82) is 0 Å². The number of nitrogen functional groups attached to an aromatic ring is 1. The maximum atomic E-state index is 6.26.